The summed E-state index contributed by atoms with van der Waals surface area (Å²) in [6.07, 6.45) is -4.75. The first-order valence-corrected chi connectivity index (χ1v) is 12.2. The van der Waals surface area contributed by atoms with Gasteiger partial charge in [-0.15, -0.1) is 11.5 Å². The first-order chi connectivity index (χ1) is 12.6. The highest BCUT2D eigenvalue weighted by molar-refractivity contribution is 6.90. The fourth-order valence-corrected chi connectivity index (χ4v) is 9.51. The van der Waals surface area contributed by atoms with Gasteiger partial charge < -0.3 is 29.9 Å². The number of rotatable bonds is 8. The summed E-state index contributed by atoms with van der Waals surface area (Å²) in [5, 5.41) is 38.7. The summed E-state index contributed by atoms with van der Waals surface area (Å²) in [4.78, 5) is 0. The van der Waals surface area contributed by atoms with Crippen molar-refractivity contribution in [2.75, 3.05) is 13.2 Å². The van der Waals surface area contributed by atoms with Crippen molar-refractivity contribution in [3.63, 3.8) is 0 Å². The Hall–Kier alpha value is -0.463. The van der Waals surface area contributed by atoms with E-state index in [-0.39, 0.29) is 0 Å². The quantitative estimate of drug-likeness (QED) is 0.281. The Bertz CT molecular complexity index is 475. The molecule has 1 rings (SSSR count). The highest BCUT2D eigenvalue weighted by Crippen LogP contribution is 2.40. The van der Waals surface area contributed by atoms with E-state index in [4.69, 9.17) is 9.47 Å². The van der Waals surface area contributed by atoms with Crippen LogP contribution >= 0.6 is 0 Å². The monoisotopic (exact) mass is 402 g/mol. The number of aliphatic hydroxyl groups excluding tert-OH is 4. The van der Waals surface area contributed by atoms with Crippen molar-refractivity contribution in [1.29, 1.82) is 0 Å². The molecule has 0 aromatic heterocycles. The van der Waals surface area contributed by atoms with Crippen molar-refractivity contribution in [2.24, 2.45) is 0 Å². The molecule has 0 aliphatic carbocycles. The van der Waals surface area contributed by atoms with Crippen LogP contribution in [0.25, 0.3) is 0 Å². The molecule has 0 saturated carbocycles. The lowest BCUT2D eigenvalue weighted by atomic mass is 9.99. The van der Waals surface area contributed by atoms with Crippen LogP contribution in [0.4, 0.5) is 0 Å². The molecule has 1 aliphatic rings. The zero-order valence-electron chi connectivity index (χ0n) is 17.6. The minimum atomic E-state index is -1.72. The van der Waals surface area contributed by atoms with Crippen molar-refractivity contribution < 1.29 is 29.9 Å². The topological polar surface area (TPSA) is 99.4 Å². The van der Waals surface area contributed by atoms with Gasteiger partial charge in [0.15, 0.2) is 6.29 Å². The van der Waals surface area contributed by atoms with Gasteiger partial charge in [-0.2, -0.15) is 0 Å². The molecule has 0 bridgehead atoms. The van der Waals surface area contributed by atoms with E-state index >= 15 is 0 Å². The number of hydrogen-bond donors (Lipinski definition) is 4. The number of aliphatic hydroxyl groups is 4. The van der Waals surface area contributed by atoms with Crippen molar-refractivity contribution >= 4 is 8.07 Å². The van der Waals surface area contributed by atoms with Crippen molar-refractivity contribution in [3.05, 3.63) is 0 Å². The minimum Gasteiger partial charge on any atom is -0.394 e. The van der Waals surface area contributed by atoms with Gasteiger partial charge in [0.05, 0.1) is 13.2 Å². The maximum atomic E-state index is 9.95. The van der Waals surface area contributed by atoms with E-state index in [9.17, 15) is 20.4 Å². The molecular formula is C20H38O6Si. The molecule has 4 N–H and O–H groups in total. The Balaban J connectivity index is 2.56. The van der Waals surface area contributed by atoms with Gasteiger partial charge >= 0.3 is 0 Å². The van der Waals surface area contributed by atoms with Gasteiger partial charge in [0.2, 0.25) is 0 Å². The Morgan fingerprint density at radius 3 is 1.96 bits per heavy atom. The highest BCUT2D eigenvalue weighted by atomic mass is 28.3. The molecule has 1 saturated heterocycles. The molecule has 0 spiro atoms. The van der Waals surface area contributed by atoms with Gasteiger partial charge in [0.25, 0.3) is 0 Å². The third-order valence-corrected chi connectivity index (χ3v) is 12.1. The normalized spacial score (nSPS) is 29.3. The highest BCUT2D eigenvalue weighted by Gasteiger charge is 2.44. The van der Waals surface area contributed by atoms with Gasteiger partial charge in [-0.1, -0.05) is 41.5 Å². The maximum Gasteiger partial charge on any atom is 0.186 e. The molecular weight excluding hydrogens is 364 g/mol. The van der Waals surface area contributed by atoms with Gasteiger partial charge in [-0.05, 0) is 23.0 Å². The molecule has 0 unspecified atom stereocenters. The van der Waals surface area contributed by atoms with Gasteiger partial charge in [-0.25, -0.2) is 0 Å². The molecule has 0 radical (unpaired) electrons. The van der Waals surface area contributed by atoms with Crippen LogP contribution in [0.15, 0.2) is 0 Å². The maximum absolute atomic E-state index is 9.95. The van der Waals surface area contributed by atoms with Gasteiger partial charge in [0, 0.05) is 6.42 Å². The second kappa shape index (κ2) is 10.9. The predicted octanol–water partition coefficient (Wildman–Crippen LogP) is 1.80. The van der Waals surface area contributed by atoms with Crippen LogP contribution < -0.4 is 0 Å². The van der Waals surface area contributed by atoms with E-state index in [2.05, 4.69) is 53.0 Å². The minimum absolute atomic E-state index is 0.316. The third-order valence-electron chi connectivity index (χ3n) is 5.75. The Kier molecular flexibility index (Phi) is 9.93. The Labute approximate surface area is 164 Å². The van der Waals surface area contributed by atoms with E-state index in [0.717, 1.165) is 0 Å². The molecule has 1 aliphatic heterocycles. The molecule has 0 aromatic carbocycles. The van der Waals surface area contributed by atoms with Crippen molar-refractivity contribution in [2.45, 2.75) is 102 Å². The molecule has 5 atom stereocenters. The first-order valence-electron chi connectivity index (χ1n) is 10.0. The van der Waals surface area contributed by atoms with Crippen LogP contribution in [0, 0.1) is 11.5 Å². The zero-order valence-corrected chi connectivity index (χ0v) is 18.6. The second-order valence-electron chi connectivity index (χ2n) is 8.37. The molecule has 7 heteroatoms. The second-order valence-corrected chi connectivity index (χ2v) is 14.0. The van der Waals surface area contributed by atoms with Gasteiger partial charge in [-0.3, -0.25) is 0 Å². The summed E-state index contributed by atoms with van der Waals surface area (Å²) in [6, 6.07) is 0. The lowest BCUT2D eigenvalue weighted by Gasteiger charge is -2.39. The van der Waals surface area contributed by atoms with E-state index < -0.39 is 45.4 Å². The Morgan fingerprint density at radius 1 is 0.926 bits per heavy atom. The SMILES string of the molecule is CC(C)[Si](C#CCCCO[C@@H]1O[C@H](CO)[C@@H](O)[C@H](O)[C@H]1O)(C(C)C)C(C)C. The van der Waals surface area contributed by atoms with E-state index in [0.29, 0.717) is 36.1 Å². The third kappa shape index (κ3) is 5.77. The van der Waals surface area contributed by atoms with Crippen LogP contribution in [0.3, 0.4) is 0 Å². The predicted molar refractivity (Wildman–Crippen MR) is 108 cm³/mol. The molecule has 158 valence electrons. The van der Waals surface area contributed by atoms with Crippen LogP contribution in [0.2, 0.25) is 16.6 Å². The first kappa shape index (κ1) is 24.6. The standard InChI is InChI=1S/C20H38O6Si/c1-13(2)27(14(3)4,15(5)6)11-9-7-8-10-25-20-19(24)18(23)17(22)16(12-21)26-20/h13-24H,7-8,10,12H2,1-6H3/t16-,17-,18+,19-,20-/m1/s1. The fourth-order valence-electron chi connectivity index (χ4n) is 4.21. The Morgan fingerprint density at radius 2 is 1.48 bits per heavy atom. The average molecular weight is 403 g/mol. The molecule has 0 aromatic rings. The van der Waals surface area contributed by atoms with Crippen LogP contribution in [-0.4, -0.2) is 72.4 Å². The van der Waals surface area contributed by atoms with Crippen molar-refractivity contribution in [3.8, 4) is 11.5 Å². The van der Waals surface area contributed by atoms with Crippen LogP contribution in [0.1, 0.15) is 54.4 Å². The number of ether oxygens (including phenoxy) is 2. The largest absolute Gasteiger partial charge is 0.394 e. The van der Waals surface area contributed by atoms with Crippen LogP contribution in [0.5, 0.6) is 0 Å². The van der Waals surface area contributed by atoms with E-state index in [1.165, 1.54) is 0 Å². The molecule has 6 nitrogen and oxygen atoms in total. The lowest BCUT2D eigenvalue weighted by Crippen LogP contribution is -2.59. The number of unbranched alkanes of at least 4 members (excludes halogenated alkanes) is 1. The van der Waals surface area contributed by atoms with Crippen molar-refractivity contribution in [1.82, 2.24) is 0 Å². The van der Waals surface area contributed by atoms with E-state index in [1.807, 2.05) is 0 Å². The molecule has 27 heavy (non-hydrogen) atoms. The van der Waals surface area contributed by atoms with Gasteiger partial charge in [0.1, 0.15) is 32.5 Å². The summed E-state index contributed by atoms with van der Waals surface area (Å²) in [5.41, 5.74) is 5.43. The summed E-state index contributed by atoms with van der Waals surface area (Å²) < 4.78 is 10.8. The zero-order chi connectivity index (χ0) is 20.8. The molecule has 0 amide bonds. The number of hydrogen-bond acceptors (Lipinski definition) is 6. The summed E-state index contributed by atoms with van der Waals surface area (Å²) in [7, 11) is -1.72. The summed E-state index contributed by atoms with van der Waals surface area (Å²) >= 11 is 0. The smallest absolute Gasteiger partial charge is 0.186 e. The molecule has 1 heterocycles. The summed E-state index contributed by atoms with van der Waals surface area (Å²) in [5.74, 6) is 3.35. The summed E-state index contributed by atoms with van der Waals surface area (Å²) in [6.45, 7) is 13.5. The van der Waals surface area contributed by atoms with Crippen LogP contribution in [-0.2, 0) is 9.47 Å². The van der Waals surface area contributed by atoms with E-state index in [1.54, 1.807) is 0 Å². The lowest BCUT2D eigenvalue weighted by molar-refractivity contribution is -0.301. The average Bonchev–Trinajstić information content (AvgIpc) is 2.59. The fraction of sp³-hybridized carbons (Fsp3) is 0.900. The molecule has 1 fully saturated rings.